The van der Waals surface area contributed by atoms with E-state index in [1.807, 2.05) is 30.3 Å². The van der Waals surface area contributed by atoms with E-state index in [9.17, 15) is 19.5 Å². The summed E-state index contributed by atoms with van der Waals surface area (Å²) in [5, 5.41) is 9.65. The molecule has 6 heteroatoms. The van der Waals surface area contributed by atoms with E-state index in [1.54, 1.807) is 11.8 Å². The lowest BCUT2D eigenvalue weighted by molar-refractivity contribution is -0.166. The molecular formula is C18H22N2O4. The predicted molar refractivity (Wildman–Crippen MR) is 87.2 cm³/mol. The van der Waals surface area contributed by atoms with Crippen LogP contribution in [0.2, 0.25) is 0 Å². The van der Waals surface area contributed by atoms with Gasteiger partial charge in [0.1, 0.15) is 18.1 Å². The zero-order valence-electron chi connectivity index (χ0n) is 13.7. The summed E-state index contributed by atoms with van der Waals surface area (Å²) >= 11 is 0. The number of piperazine rings is 1. The maximum atomic E-state index is 12.8. The van der Waals surface area contributed by atoms with Crippen LogP contribution in [-0.4, -0.2) is 57.4 Å². The molecule has 0 spiro atoms. The second kappa shape index (κ2) is 6.63. The Hall–Kier alpha value is -2.37. The van der Waals surface area contributed by atoms with Crippen molar-refractivity contribution in [3.63, 3.8) is 0 Å². The van der Waals surface area contributed by atoms with Gasteiger partial charge in [-0.25, -0.2) is 4.79 Å². The van der Waals surface area contributed by atoms with Crippen LogP contribution in [-0.2, 0) is 20.8 Å². The summed E-state index contributed by atoms with van der Waals surface area (Å²) in [6.07, 6.45) is 2.27. The summed E-state index contributed by atoms with van der Waals surface area (Å²) in [6, 6.07) is 7.41. The smallest absolute Gasteiger partial charge is 0.326 e. The number of fused-ring (bicyclic) bond motifs is 1. The number of aliphatic carboxylic acids is 1. The van der Waals surface area contributed by atoms with Gasteiger partial charge in [-0.3, -0.25) is 9.59 Å². The highest BCUT2D eigenvalue weighted by atomic mass is 16.4. The second-order valence-electron chi connectivity index (χ2n) is 6.49. The fraction of sp³-hybridized carbons (Fsp3) is 0.500. The van der Waals surface area contributed by atoms with Crippen LogP contribution < -0.4 is 0 Å². The van der Waals surface area contributed by atoms with Gasteiger partial charge in [0.2, 0.25) is 11.8 Å². The van der Waals surface area contributed by atoms with E-state index in [0.717, 1.165) is 12.0 Å². The summed E-state index contributed by atoms with van der Waals surface area (Å²) in [7, 11) is 0. The average Bonchev–Trinajstić information content (AvgIpc) is 3.06. The predicted octanol–water partition coefficient (Wildman–Crippen LogP) is 1.29. The molecule has 2 aliphatic rings. The minimum Gasteiger partial charge on any atom is -0.480 e. The Balaban J connectivity index is 1.80. The Morgan fingerprint density at radius 2 is 1.96 bits per heavy atom. The molecule has 0 unspecified atom stereocenters. The van der Waals surface area contributed by atoms with Gasteiger partial charge in [0.05, 0.1) is 0 Å². The SMILES string of the molecule is C[C@H]1C(=O)N2CCC[C@@H]2C(=O)N1[C@@H](CCc1ccccc1)C(=O)O. The lowest BCUT2D eigenvalue weighted by Crippen LogP contribution is -2.65. The van der Waals surface area contributed by atoms with Crippen molar-refractivity contribution in [1.82, 2.24) is 9.80 Å². The second-order valence-corrected chi connectivity index (χ2v) is 6.49. The van der Waals surface area contributed by atoms with Crippen LogP contribution in [0, 0.1) is 0 Å². The number of hydrogen-bond acceptors (Lipinski definition) is 3. The molecule has 1 aromatic rings. The molecule has 2 amide bonds. The van der Waals surface area contributed by atoms with Crippen molar-refractivity contribution in [3.05, 3.63) is 35.9 Å². The fourth-order valence-corrected chi connectivity index (χ4v) is 3.76. The van der Waals surface area contributed by atoms with Crippen molar-refractivity contribution in [2.24, 2.45) is 0 Å². The van der Waals surface area contributed by atoms with Gasteiger partial charge in [-0.1, -0.05) is 30.3 Å². The lowest BCUT2D eigenvalue weighted by atomic mass is 9.98. The van der Waals surface area contributed by atoms with Gasteiger partial charge in [-0.15, -0.1) is 0 Å². The third-order valence-corrected chi connectivity index (χ3v) is 5.02. The molecule has 3 rings (SSSR count). The Morgan fingerprint density at radius 1 is 1.25 bits per heavy atom. The number of rotatable bonds is 5. The topological polar surface area (TPSA) is 77.9 Å². The van der Waals surface area contributed by atoms with E-state index in [1.165, 1.54) is 4.90 Å². The van der Waals surface area contributed by atoms with Gasteiger partial charge in [0, 0.05) is 6.54 Å². The Morgan fingerprint density at radius 3 is 2.62 bits per heavy atom. The van der Waals surface area contributed by atoms with Crippen LogP contribution in [0.1, 0.15) is 31.7 Å². The molecule has 128 valence electrons. The highest BCUT2D eigenvalue weighted by Gasteiger charge is 2.49. The third kappa shape index (κ3) is 2.88. The maximum absolute atomic E-state index is 12.8. The summed E-state index contributed by atoms with van der Waals surface area (Å²) in [6.45, 7) is 2.22. The highest BCUT2D eigenvalue weighted by molar-refractivity contribution is 5.99. The normalized spacial score (nSPS) is 24.9. The standard InChI is InChI=1S/C18H22N2O4/c1-12-16(21)19-11-5-8-14(19)17(22)20(12)15(18(23)24)10-9-13-6-3-2-4-7-13/h2-4,6-7,12,14-15H,5,8-11H2,1H3,(H,23,24)/t12-,14+,15-/m0/s1. The van der Waals surface area contributed by atoms with E-state index < -0.39 is 24.1 Å². The molecular weight excluding hydrogens is 308 g/mol. The zero-order chi connectivity index (χ0) is 17.3. The average molecular weight is 330 g/mol. The Labute approximate surface area is 141 Å². The number of aryl methyl sites for hydroxylation is 1. The van der Waals surface area contributed by atoms with Gasteiger partial charge in [-0.05, 0) is 38.2 Å². The third-order valence-electron chi connectivity index (χ3n) is 5.02. The number of amides is 2. The monoisotopic (exact) mass is 330 g/mol. The van der Waals surface area contributed by atoms with Crippen molar-refractivity contribution in [3.8, 4) is 0 Å². The first-order chi connectivity index (χ1) is 11.5. The van der Waals surface area contributed by atoms with Gasteiger partial charge < -0.3 is 14.9 Å². The highest BCUT2D eigenvalue weighted by Crippen LogP contribution is 2.29. The number of carbonyl (C=O) groups is 3. The summed E-state index contributed by atoms with van der Waals surface area (Å²) in [4.78, 5) is 40.0. The van der Waals surface area contributed by atoms with E-state index in [2.05, 4.69) is 0 Å². The number of nitrogens with zero attached hydrogens (tertiary/aromatic N) is 2. The van der Waals surface area contributed by atoms with Crippen molar-refractivity contribution >= 4 is 17.8 Å². The Kier molecular flexibility index (Phi) is 4.55. The summed E-state index contributed by atoms with van der Waals surface area (Å²) < 4.78 is 0. The van der Waals surface area contributed by atoms with Gasteiger partial charge in [0.25, 0.3) is 0 Å². The number of benzene rings is 1. The molecule has 1 N–H and O–H groups in total. The molecule has 2 fully saturated rings. The van der Waals surface area contributed by atoms with Crippen LogP contribution >= 0.6 is 0 Å². The molecule has 0 aromatic heterocycles. The van der Waals surface area contributed by atoms with Crippen molar-refractivity contribution in [1.29, 1.82) is 0 Å². The van der Waals surface area contributed by atoms with Crippen LogP contribution in [0.15, 0.2) is 30.3 Å². The van der Waals surface area contributed by atoms with Crippen molar-refractivity contribution in [2.45, 2.75) is 50.7 Å². The van der Waals surface area contributed by atoms with E-state index in [0.29, 0.717) is 25.8 Å². The van der Waals surface area contributed by atoms with Crippen molar-refractivity contribution < 1.29 is 19.5 Å². The number of carboxylic acids is 1. The van der Waals surface area contributed by atoms with Gasteiger partial charge >= 0.3 is 5.97 Å². The van der Waals surface area contributed by atoms with Crippen LogP contribution in [0.25, 0.3) is 0 Å². The largest absolute Gasteiger partial charge is 0.480 e. The lowest BCUT2D eigenvalue weighted by Gasteiger charge is -2.43. The van der Waals surface area contributed by atoms with E-state index in [4.69, 9.17) is 0 Å². The van der Waals surface area contributed by atoms with Gasteiger partial charge in [-0.2, -0.15) is 0 Å². The number of carbonyl (C=O) groups excluding carboxylic acids is 2. The molecule has 24 heavy (non-hydrogen) atoms. The molecule has 2 saturated heterocycles. The molecule has 2 aliphatic heterocycles. The van der Waals surface area contributed by atoms with Crippen molar-refractivity contribution in [2.75, 3.05) is 6.54 Å². The number of carboxylic acid groups (broad SMARTS) is 1. The molecule has 3 atom stereocenters. The van der Waals surface area contributed by atoms with Crippen LogP contribution in [0.4, 0.5) is 0 Å². The maximum Gasteiger partial charge on any atom is 0.326 e. The molecule has 2 heterocycles. The van der Waals surface area contributed by atoms with Gasteiger partial charge in [0.15, 0.2) is 0 Å². The Bertz CT molecular complexity index is 646. The summed E-state index contributed by atoms with van der Waals surface area (Å²) in [5.74, 6) is -1.41. The molecule has 6 nitrogen and oxygen atoms in total. The minimum absolute atomic E-state index is 0.136. The zero-order valence-corrected chi connectivity index (χ0v) is 13.7. The first-order valence-corrected chi connectivity index (χ1v) is 8.40. The first-order valence-electron chi connectivity index (χ1n) is 8.40. The van der Waals surface area contributed by atoms with Crippen LogP contribution in [0.5, 0.6) is 0 Å². The quantitative estimate of drug-likeness (QED) is 0.882. The van der Waals surface area contributed by atoms with E-state index >= 15 is 0 Å². The van der Waals surface area contributed by atoms with E-state index in [-0.39, 0.29) is 11.8 Å². The first kappa shape index (κ1) is 16.5. The van der Waals surface area contributed by atoms with Crippen LogP contribution in [0.3, 0.4) is 0 Å². The molecule has 0 aliphatic carbocycles. The molecule has 0 radical (unpaired) electrons. The molecule has 1 aromatic carbocycles. The summed E-state index contributed by atoms with van der Waals surface area (Å²) in [5.41, 5.74) is 1.02. The molecule has 0 bridgehead atoms. The minimum atomic E-state index is -1.05. The number of hydrogen-bond donors (Lipinski definition) is 1. The fourth-order valence-electron chi connectivity index (χ4n) is 3.76. The molecule has 0 saturated carbocycles.